The summed E-state index contributed by atoms with van der Waals surface area (Å²) in [5, 5.41) is 2.77. The lowest BCUT2D eigenvalue weighted by Gasteiger charge is -2.28. The van der Waals surface area contributed by atoms with Crippen LogP contribution >= 0.6 is 0 Å². The molecule has 2 aromatic rings. The zero-order valence-corrected chi connectivity index (χ0v) is 20.4. The third-order valence-corrected chi connectivity index (χ3v) is 6.73. The Kier molecular flexibility index (Phi) is 8.34. The molecule has 0 saturated carbocycles. The molecular formula is C22H31N3O6S. The van der Waals surface area contributed by atoms with Crippen LogP contribution in [0, 0.1) is 13.8 Å². The molecule has 1 N–H and O–H groups in total. The van der Waals surface area contributed by atoms with Gasteiger partial charge in [-0.25, -0.2) is 4.31 Å². The number of amides is 1. The molecule has 0 saturated heterocycles. The predicted molar refractivity (Wildman–Crippen MR) is 124 cm³/mol. The van der Waals surface area contributed by atoms with Crippen LogP contribution in [-0.2, 0) is 21.5 Å². The minimum absolute atomic E-state index is 0.116. The lowest BCUT2D eigenvalue weighted by Crippen LogP contribution is -2.46. The van der Waals surface area contributed by atoms with Gasteiger partial charge in [0.1, 0.15) is 6.54 Å². The van der Waals surface area contributed by atoms with E-state index in [0.717, 1.165) is 19.7 Å². The summed E-state index contributed by atoms with van der Waals surface area (Å²) in [5.74, 6) is 0.874. The maximum Gasteiger partial charge on any atom is 0.304 e. The van der Waals surface area contributed by atoms with Crippen LogP contribution in [0.5, 0.6) is 17.2 Å². The highest BCUT2D eigenvalue weighted by atomic mass is 32.2. The summed E-state index contributed by atoms with van der Waals surface area (Å²) < 4.78 is 44.2. The van der Waals surface area contributed by atoms with Crippen molar-refractivity contribution >= 4 is 21.8 Å². The van der Waals surface area contributed by atoms with Gasteiger partial charge in [-0.05, 0) is 43.2 Å². The van der Waals surface area contributed by atoms with Gasteiger partial charge in [0, 0.05) is 26.2 Å². The molecular weight excluding hydrogens is 434 g/mol. The molecule has 0 heterocycles. The van der Waals surface area contributed by atoms with Crippen LogP contribution in [0.1, 0.15) is 16.7 Å². The van der Waals surface area contributed by atoms with Crippen LogP contribution in [0.2, 0.25) is 0 Å². The third kappa shape index (κ3) is 5.43. The first kappa shape index (κ1) is 25.3. The van der Waals surface area contributed by atoms with Crippen LogP contribution in [0.3, 0.4) is 0 Å². The molecule has 2 rings (SSSR count). The van der Waals surface area contributed by atoms with E-state index in [1.165, 1.54) is 35.4 Å². The first-order chi connectivity index (χ1) is 15.1. The number of nitrogens with one attached hydrogen (secondary N) is 1. The summed E-state index contributed by atoms with van der Waals surface area (Å²) in [7, 11) is 3.47. The molecule has 0 radical (unpaired) electrons. The fourth-order valence-corrected chi connectivity index (χ4v) is 4.28. The minimum Gasteiger partial charge on any atom is -0.493 e. The van der Waals surface area contributed by atoms with Crippen molar-refractivity contribution in [2.45, 2.75) is 20.4 Å². The van der Waals surface area contributed by atoms with Crippen molar-refractivity contribution in [3.05, 3.63) is 47.0 Å². The fraction of sp³-hybridized carbons (Fsp3) is 0.409. The highest BCUT2D eigenvalue weighted by Gasteiger charge is 2.28. The Balaban J connectivity index is 2.30. The molecule has 0 aliphatic heterocycles. The number of carbonyl (C=O) groups is 1. The number of methoxy groups -OCH3 is 3. The Morgan fingerprint density at radius 3 is 2.19 bits per heavy atom. The molecule has 32 heavy (non-hydrogen) atoms. The summed E-state index contributed by atoms with van der Waals surface area (Å²) in [6, 6.07) is 8.93. The Morgan fingerprint density at radius 1 is 0.969 bits per heavy atom. The van der Waals surface area contributed by atoms with Crippen molar-refractivity contribution in [1.82, 2.24) is 9.62 Å². The van der Waals surface area contributed by atoms with E-state index >= 15 is 0 Å². The van der Waals surface area contributed by atoms with E-state index in [1.807, 2.05) is 19.1 Å². The number of anilines is 1. The SMILES string of the molecule is COc1ccc(CNC(=O)CN(c2cc(C)ccc2C)S(=O)(=O)N(C)C)c(OC)c1OC. The fourth-order valence-electron chi connectivity index (χ4n) is 3.16. The van der Waals surface area contributed by atoms with Crippen molar-refractivity contribution < 1.29 is 27.4 Å². The van der Waals surface area contributed by atoms with Gasteiger partial charge in [-0.15, -0.1) is 0 Å². The van der Waals surface area contributed by atoms with Gasteiger partial charge in [0.2, 0.25) is 11.7 Å². The zero-order chi connectivity index (χ0) is 24.1. The molecule has 0 atom stereocenters. The second-order valence-corrected chi connectivity index (χ2v) is 9.42. The minimum atomic E-state index is -3.90. The second-order valence-electron chi connectivity index (χ2n) is 7.36. The van der Waals surface area contributed by atoms with Crippen LogP contribution in [0.4, 0.5) is 5.69 Å². The molecule has 9 nitrogen and oxygen atoms in total. The van der Waals surface area contributed by atoms with Crippen molar-refractivity contribution in [3.8, 4) is 17.2 Å². The number of nitrogens with zero attached hydrogens (tertiary/aromatic N) is 2. The lowest BCUT2D eigenvalue weighted by molar-refractivity contribution is -0.119. The summed E-state index contributed by atoms with van der Waals surface area (Å²) in [5.41, 5.74) is 2.75. The van der Waals surface area contributed by atoms with Gasteiger partial charge in [0.15, 0.2) is 11.5 Å². The highest BCUT2D eigenvalue weighted by molar-refractivity contribution is 7.90. The number of rotatable bonds is 10. The number of aryl methyl sites for hydroxylation is 2. The first-order valence-corrected chi connectivity index (χ1v) is 11.3. The van der Waals surface area contributed by atoms with E-state index in [0.29, 0.717) is 28.5 Å². The molecule has 0 aromatic heterocycles. The van der Waals surface area contributed by atoms with Gasteiger partial charge < -0.3 is 19.5 Å². The zero-order valence-electron chi connectivity index (χ0n) is 19.6. The number of carbonyl (C=O) groups excluding carboxylic acids is 1. The summed E-state index contributed by atoms with van der Waals surface area (Å²) in [6.45, 7) is 3.41. The number of benzene rings is 2. The summed E-state index contributed by atoms with van der Waals surface area (Å²) in [6.07, 6.45) is 0. The first-order valence-electron chi connectivity index (χ1n) is 9.88. The molecule has 0 bridgehead atoms. The van der Waals surface area contributed by atoms with Crippen molar-refractivity contribution in [2.24, 2.45) is 0 Å². The summed E-state index contributed by atoms with van der Waals surface area (Å²) in [4.78, 5) is 12.8. The van der Waals surface area contributed by atoms with Crippen LogP contribution < -0.4 is 23.8 Å². The van der Waals surface area contributed by atoms with Gasteiger partial charge in [-0.1, -0.05) is 12.1 Å². The van der Waals surface area contributed by atoms with E-state index in [-0.39, 0.29) is 13.1 Å². The van der Waals surface area contributed by atoms with Gasteiger partial charge in [0.25, 0.3) is 0 Å². The predicted octanol–water partition coefficient (Wildman–Crippen LogP) is 2.26. The normalized spacial score (nSPS) is 11.2. The molecule has 0 spiro atoms. The second kappa shape index (κ2) is 10.6. The van der Waals surface area contributed by atoms with Crippen molar-refractivity contribution in [3.63, 3.8) is 0 Å². The lowest BCUT2D eigenvalue weighted by atomic mass is 10.1. The maximum absolute atomic E-state index is 13.0. The van der Waals surface area contributed by atoms with Gasteiger partial charge in [-0.3, -0.25) is 4.79 Å². The molecule has 0 fully saturated rings. The van der Waals surface area contributed by atoms with Crippen molar-refractivity contribution in [2.75, 3.05) is 46.3 Å². The van der Waals surface area contributed by atoms with E-state index in [1.54, 1.807) is 25.1 Å². The monoisotopic (exact) mass is 465 g/mol. The third-order valence-electron chi connectivity index (χ3n) is 4.92. The van der Waals surface area contributed by atoms with E-state index in [4.69, 9.17) is 14.2 Å². The Hall–Kier alpha value is -2.98. The van der Waals surface area contributed by atoms with Gasteiger partial charge in [-0.2, -0.15) is 12.7 Å². The van der Waals surface area contributed by atoms with Crippen LogP contribution in [0.15, 0.2) is 30.3 Å². The molecule has 0 aliphatic carbocycles. The topological polar surface area (TPSA) is 97.4 Å². The van der Waals surface area contributed by atoms with Crippen LogP contribution in [-0.4, -0.2) is 60.6 Å². The summed E-state index contributed by atoms with van der Waals surface area (Å²) >= 11 is 0. The number of hydrogen-bond acceptors (Lipinski definition) is 6. The Morgan fingerprint density at radius 2 is 1.62 bits per heavy atom. The van der Waals surface area contributed by atoms with E-state index < -0.39 is 16.1 Å². The van der Waals surface area contributed by atoms with Crippen LogP contribution in [0.25, 0.3) is 0 Å². The average Bonchev–Trinajstić information content (AvgIpc) is 2.76. The quantitative estimate of drug-likeness (QED) is 0.578. The van der Waals surface area contributed by atoms with Gasteiger partial charge >= 0.3 is 10.2 Å². The average molecular weight is 466 g/mol. The van der Waals surface area contributed by atoms with Crippen molar-refractivity contribution in [1.29, 1.82) is 0 Å². The van der Waals surface area contributed by atoms with E-state index in [9.17, 15) is 13.2 Å². The Labute approximate surface area is 190 Å². The smallest absolute Gasteiger partial charge is 0.304 e. The highest BCUT2D eigenvalue weighted by Crippen LogP contribution is 2.39. The van der Waals surface area contributed by atoms with E-state index in [2.05, 4.69) is 5.32 Å². The molecule has 0 aliphatic rings. The van der Waals surface area contributed by atoms with Gasteiger partial charge in [0.05, 0.1) is 27.0 Å². The molecule has 2 aromatic carbocycles. The molecule has 1 amide bonds. The molecule has 10 heteroatoms. The molecule has 0 unspecified atom stereocenters. The number of hydrogen-bond donors (Lipinski definition) is 1. The molecule has 176 valence electrons. The Bertz CT molecular complexity index is 1070. The number of ether oxygens (including phenoxy) is 3. The standard InChI is InChI=1S/C22H31N3O6S/c1-15-8-9-16(2)18(12-15)25(32(27,28)24(3)4)14-20(26)23-13-17-10-11-19(29-5)22(31-7)21(17)30-6/h8-12H,13-14H2,1-7H3,(H,23,26). The maximum atomic E-state index is 13.0. The largest absolute Gasteiger partial charge is 0.493 e.